The molecule has 4 heteroatoms. The van der Waals surface area contributed by atoms with E-state index in [4.69, 9.17) is 4.74 Å². The van der Waals surface area contributed by atoms with Crippen LogP contribution in [0.15, 0.2) is 51.4 Å². The molecule has 0 heterocycles. The Bertz CT molecular complexity index is 529. The first kappa shape index (κ1) is 12.6. The lowest BCUT2D eigenvalue weighted by Crippen LogP contribution is -1.98. The minimum absolute atomic E-state index is 0.254. The maximum atomic E-state index is 13.5. The first-order valence-corrected chi connectivity index (χ1v) is 6.56. The predicted molar refractivity (Wildman–Crippen MR) is 72.6 cm³/mol. The minimum atomic E-state index is -0.369. The molecule has 1 nitrogen and oxygen atoms in total. The minimum Gasteiger partial charge on any atom is -0.486 e. The molecule has 0 aliphatic rings. The summed E-state index contributed by atoms with van der Waals surface area (Å²) in [5, 5.41) is 0. The number of halogens is 3. The van der Waals surface area contributed by atoms with Crippen molar-refractivity contribution < 1.29 is 9.13 Å². The number of hydrogen-bond acceptors (Lipinski definition) is 1. The van der Waals surface area contributed by atoms with E-state index in [-0.39, 0.29) is 11.6 Å². The second-order valence-electron chi connectivity index (χ2n) is 3.45. The van der Waals surface area contributed by atoms with Crippen LogP contribution in [0.4, 0.5) is 4.39 Å². The molecule has 0 fully saturated rings. The summed E-state index contributed by atoms with van der Waals surface area (Å²) >= 11 is 6.62. The van der Waals surface area contributed by atoms with Crippen LogP contribution < -0.4 is 4.74 Å². The van der Waals surface area contributed by atoms with Gasteiger partial charge in [-0.15, -0.1) is 0 Å². The quantitative estimate of drug-likeness (QED) is 0.754. The molecular formula is C13H9Br2FO. The molecule has 0 saturated heterocycles. The van der Waals surface area contributed by atoms with Crippen molar-refractivity contribution in [2.75, 3.05) is 0 Å². The first-order valence-electron chi connectivity index (χ1n) is 4.98. The summed E-state index contributed by atoms with van der Waals surface area (Å²) in [6.45, 7) is 0.333. The lowest BCUT2D eigenvalue weighted by molar-refractivity contribution is 0.289. The zero-order valence-electron chi connectivity index (χ0n) is 8.79. The summed E-state index contributed by atoms with van der Waals surface area (Å²) < 4.78 is 20.6. The van der Waals surface area contributed by atoms with Gasteiger partial charge in [0.15, 0.2) is 11.6 Å². The molecular weight excluding hydrogens is 351 g/mol. The zero-order valence-corrected chi connectivity index (χ0v) is 12.0. The molecule has 0 saturated carbocycles. The Morgan fingerprint density at radius 3 is 2.53 bits per heavy atom. The van der Waals surface area contributed by atoms with Crippen LogP contribution in [0.5, 0.6) is 5.75 Å². The SMILES string of the molecule is Fc1cc(Br)ccc1OCc1ccccc1Br. The summed E-state index contributed by atoms with van der Waals surface area (Å²) in [4.78, 5) is 0. The molecule has 0 aliphatic heterocycles. The maximum absolute atomic E-state index is 13.5. The third kappa shape index (κ3) is 3.30. The summed E-state index contributed by atoms with van der Waals surface area (Å²) in [6.07, 6.45) is 0. The van der Waals surface area contributed by atoms with Crippen LogP contribution in [0.25, 0.3) is 0 Å². The molecule has 0 aromatic heterocycles. The van der Waals surface area contributed by atoms with E-state index in [0.717, 1.165) is 10.0 Å². The van der Waals surface area contributed by atoms with E-state index in [1.54, 1.807) is 12.1 Å². The van der Waals surface area contributed by atoms with Gasteiger partial charge in [0, 0.05) is 14.5 Å². The van der Waals surface area contributed by atoms with Crippen molar-refractivity contribution in [1.29, 1.82) is 0 Å². The third-order valence-corrected chi connectivity index (χ3v) is 3.50. The number of ether oxygens (including phenoxy) is 1. The predicted octanol–water partition coefficient (Wildman–Crippen LogP) is 4.93. The Balaban J connectivity index is 2.10. The standard InChI is InChI=1S/C13H9Br2FO/c14-10-5-6-13(12(16)7-10)17-8-9-3-1-2-4-11(9)15/h1-7H,8H2. The molecule has 88 valence electrons. The zero-order chi connectivity index (χ0) is 12.3. The van der Waals surface area contributed by atoms with Gasteiger partial charge >= 0.3 is 0 Å². The lowest BCUT2D eigenvalue weighted by Gasteiger charge is -2.08. The fourth-order valence-corrected chi connectivity index (χ4v) is 2.10. The fourth-order valence-electron chi connectivity index (χ4n) is 1.36. The van der Waals surface area contributed by atoms with Crippen LogP contribution in [-0.2, 0) is 6.61 Å². The van der Waals surface area contributed by atoms with E-state index in [9.17, 15) is 4.39 Å². The summed E-state index contributed by atoms with van der Waals surface area (Å²) in [5.41, 5.74) is 0.981. The first-order chi connectivity index (χ1) is 8.16. The van der Waals surface area contributed by atoms with E-state index in [1.165, 1.54) is 6.07 Å². The Labute approximate surface area is 116 Å². The largest absolute Gasteiger partial charge is 0.486 e. The van der Waals surface area contributed by atoms with E-state index in [2.05, 4.69) is 31.9 Å². The lowest BCUT2D eigenvalue weighted by atomic mass is 10.2. The van der Waals surface area contributed by atoms with Crippen molar-refractivity contribution in [1.82, 2.24) is 0 Å². The molecule has 0 amide bonds. The number of rotatable bonds is 3. The van der Waals surface area contributed by atoms with Gasteiger partial charge in [-0.05, 0) is 24.3 Å². The molecule has 2 rings (SSSR count). The molecule has 2 aromatic rings. The monoisotopic (exact) mass is 358 g/mol. The van der Waals surface area contributed by atoms with E-state index in [1.807, 2.05) is 24.3 Å². The van der Waals surface area contributed by atoms with Gasteiger partial charge in [-0.2, -0.15) is 0 Å². The normalized spacial score (nSPS) is 10.3. The number of benzene rings is 2. The van der Waals surface area contributed by atoms with Crippen molar-refractivity contribution in [3.8, 4) is 5.75 Å². The highest BCUT2D eigenvalue weighted by atomic mass is 79.9. The summed E-state index contributed by atoms with van der Waals surface area (Å²) in [7, 11) is 0. The Morgan fingerprint density at radius 2 is 1.82 bits per heavy atom. The van der Waals surface area contributed by atoms with Crippen LogP contribution >= 0.6 is 31.9 Å². The van der Waals surface area contributed by atoms with Crippen LogP contribution in [0.2, 0.25) is 0 Å². The number of hydrogen-bond donors (Lipinski definition) is 0. The van der Waals surface area contributed by atoms with Crippen LogP contribution in [-0.4, -0.2) is 0 Å². The van der Waals surface area contributed by atoms with Crippen molar-refractivity contribution >= 4 is 31.9 Å². The highest BCUT2D eigenvalue weighted by molar-refractivity contribution is 9.10. The van der Waals surface area contributed by atoms with E-state index in [0.29, 0.717) is 11.1 Å². The average molecular weight is 360 g/mol. The van der Waals surface area contributed by atoms with E-state index >= 15 is 0 Å². The highest BCUT2D eigenvalue weighted by Crippen LogP contribution is 2.23. The molecule has 17 heavy (non-hydrogen) atoms. The van der Waals surface area contributed by atoms with Gasteiger partial charge in [0.1, 0.15) is 6.61 Å². The molecule has 0 bridgehead atoms. The van der Waals surface area contributed by atoms with Gasteiger partial charge in [0.05, 0.1) is 0 Å². The molecule has 0 aliphatic carbocycles. The summed E-state index contributed by atoms with van der Waals surface area (Å²) in [5.74, 6) is -0.115. The Hall–Kier alpha value is -0.870. The van der Waals surface area contributed by atoms with Gasteiger partial charge in [-0.25, -0.2) is 4.39 Å². The maximum Gasteiger partial charge on any atom is 0.166 e. The second-order valence-corrected chi connectivity index (χ2v) is 5.22. The molecule has 2 aromatic carbocycles. The van der Waals surface area contributed by atoms with Gasteiger partial charge in [-0.1, -0.05) is 50.1 Å². The molecule has 0 spiro atoms. The Kier molecular flexibility index (Phi) is 4.18. The van der Waals surface area contributed by atoms with Crippen molar-refractivity contribution in [2.24, 2.45) is 0 Å². The van der Waals surface area contributed by atoms with Gasteiger partial charge in [-0.3, -0.25) is 0 Å². The Morgan fingerprint density at radius 1 is 1.06 bits per heavy atom. The van der Waals surface area contributed by atoms with Crippen LogP contribution in [0.3, 0.4) is 0 Å². The smallest absolute Gasteiger partial charge is 0.166 e. The van der Waals surface area contributed by atoms with Gasteiger partial charge in [0.2, 0.25) is 0 Å². The third-order valence-electron chi connectivity index (χ3n) is 2.23. The van der Waals surface area contributed by atoms with Crippen molar-refractivity contribution in [2.45, 2.75) is 6.61 Å². The van der Waals surface area contributed by atoms with Crippen molar-refractivity contribution in [3.05, 3.63) is 62.8 Å². The van der Waals surface area contributed by atoms with Crippen molar-refractivity contribution in [3.63, 3.8) is 0 Å². The molecule has 0 atom stereocenters. The van der Waals surface area contributed by atoms with Crippen LogP contribution in [0, 0.1) is 5.82 Å². The molecule has 0 unspecified atom stereocenters. The topological polar surface area (TPSA) is 9.23 Å². The average Bonchev–Trinajstić information content (AvgIpc) is 2.30. The van der Waals surface area contributed by atoms with E-state index < -0.39 is 0 Å². The van der Waals surface area contributed by atoms with Crippen LogP contribution in [0.1, 0.15) is 5.56 Å². The second kappa shape index (κ2) is 5.65. The van der Waals surface area contributed by atoms with Gasteiger partial charge < -0.3 is 4.74 Å². The molecule has 0 radical (unpaired) electrons. The molecule has 0 N–H and O–H groups in total. The summed E-state index contributed by atoms with van der Waals surface area (Å²) in [6, 6.07) is 12.4. The highest BCUT2D eigenvalue weighted by Gasteiger charge is 2.05. The van der Waals surface area contributed by atoms with Gasteiger partial charge in [0.25, 0.3) is 0 Å². The fraction of sp³-hybridized carbons (Fsp3) is 0.0769.